The van der Waals surface area contributed by atoms with E-state index in [9.17, 15) is 4.79 Å². The molecule has 0 aliphatic heterocycles. The van der Waals surface area contributed by atoms with Crippen LogP contribution in [0.1, 0.15) is 6.92 Å². The zero-order valence-corrected chi connectivity index (χ0v) is 9.17. The molecule has 1 rings (SSSR count). The molecule has 1 amide bonds. The predicted octanol–water partition coefficient (Wildman–Crippen LogP) is 1.36. The molecule has 0 heterocycles. The fourth-order valence-corrected chi connectivity index (χ4v) is 1.03. The van der Waals surface area contributed by atoms with Gasteiger partial charge in [-0.05, 0) is 24.3 Å². The van der Waals surface area contributed by atoms with Crippen molar-refractivity contribution in [3.63, 3.8) is 0 Å². The number of hydrogen-bond donors (Lipinski definition) is 2. The fraction of sp³-hybridized carbons (Fsp3) is 0.300. The Labute approximate surface area is 93.5 Å². The van der Waals surface area contributed by atoms with E-state index in [1.54, 1.807) is 24.3 Å². The maximum Gasteiger partial charge on any atom is 0.271 e. The minimum Gasteiger partial charge on any atom is -0.484 e. The molecule has 82 valence electrons. The van der Waals surface area contributed by atoms with E-state index >= 15 is 0 Å². The standard InChI is InChI=1S/C10H13ClN2O2/c1-2-12-13-10(14)7-15-9-5-3-8(11)4-6-9/h3-6,12H,2,7H2,1H3,(H,13,14). The Morgan fingerprint density at radius 3 is 2.67 bits per heavy atom. The van der Waals surface area contributed by atoms with E-state index in [-0.39, 0.29) is 12.5 Å². The minimum absolute atomic E-state index is 0.0192. The Morgan fingerprint density at radius 2 is 2.07 bits per heavy atom. The van der Waals surface area contributed by atoms with Gasteiger partial charge in [-0.1, -0.05) is 18.5 Å². The van der Waals surface area contributed by atoms with E-state index in [4.69, 9.17) is 16.3 Å². The molecule has 0 radical (unpaired) electrons. The van der Waals surface area contributed by atoms with E-state index in [0.717, 1.165) is 0 Å². The Hall–Kier alpha value is -1.26. The second-order valence-electron chi connectivity index (χ2n) is 2.82. The van der Waals surface area contributed by atoms with E-state index in [0.29, 0.717) is 17.3 Å². The van der Waals surface area contributed by atoms with Gasteiger partial charge in [-0.2, -0.15) is 0 Å². The van der Waals surface area contributed by atoms with Crippen LogP contribution >= 0.6 is 11.6 Å². The van der Waals surface area contributed by atoms with Gasteiger partial charge in [0.2, 0.25) is 0 Å². The molecule has 0 saturated heterocycles. The SMILES string of the molecule is CCNNC(=O)COc1ccc(Cl)cc1. The quantitative estimate of drug-likeness (QED) is 0.749. The number of hydrazine groups is 1. The molecule has 5 heteroatoms. The number of benzene rings is 1. The van der Waals surface area contributed by atoms with Crippen LogP contribution in [0.15, 0.2) is 24.3 Å². The lowest BCUT2D eigenvalue weighted by Gasteiger charge is -2.07. The van der Waals surface area contributed by atoms with E-state index in [2.05, 4.69) is 10.9 Å². The first-order valence-corrected chi connectivity index (χ1v) is 5.00. The number of hydrogen-bond acceptors (Lipinski definition) is 3. The van der Waals surface area contributed by atoms with Crippen LogP contribution in [-0.4, -0.2) is 19.1 Å². The van der Waals surface area contributed by atoms with Crippen LogP contribution in [0.3, 0.4) is 0 Å². The van der Waals surface area contributed by atoms with Crippen molar-refractivity contribution < 1.29 is 9.53 Å². The van der Waals surface area contributed by atoms with Crippen LogP contribution < -0.4 is 15.6 Å². The lowest BCUT2D eigenvalue weighted by molar-refractivity contribution is -0.124. The highest BCUT2D eigenvalue weighted by Gasteiger charge is 2.00. The van der Waals surface area contributed by atoms with Gasteiger partial charge in [0, 0.05) is 11.6 Å². The summed E-state index contributed by atoms with van der Waals surface area (Å²) in [6, 6.07) is 6.84. The second kappa shape index (κ2) is 6.27. The summed E-state index contributed by atoms with van der Waals surface area (Å²) in [4.78, 5) is 11.1. The summed E-state index contributed by atoms with van der Waals surface area (Å²) in [7, 11) is 0. The molecule has 0 aliphatic rings. The van der Waals surface area contributed by atoms with Gasteiger partial charge < -0.3 is 4.74 Å². The molecule has 0 aromatic heterocycles. The number of halogens is 1. The molecule has 0 unspecified atom stereocenters. The molecule has 0 saturated carbocycles. The Bertz CT molecular complexity index is 314. The Kier molecular flexibility index (Phi) is 4.93. The molecule has 0 aliphatic carbocycles. The Balaban J connectivity index is 2.30. The van der Waals surface area contributed by atoms with Gasteiger partial charge in [0.05, 0.1) is 0 Å². The summed E-state index contributed by atoms with van der Waals surface area (Å²) in [5.41, 5.74) is 5.17. The van der Waals surface area contributed by atoms with Crippen molar-refractivity contribution in [3.8, 4) is 5.75 Å². The van der Waals surface area contributed by atoms with Gasteiger partial charge >= 0.3 is 0 Å². The van der Waals surface area contributed by atoms with Crippen LogP contribution in [0.5, 0.6) is 5.75 Å². The predicted molar refractivity (Wildman–Crippen MR) is 58.8 cm³/mol. The zero-order valence-electron chi connectivity index (χ0n) is 8.42. The first-order valence-electron chi connectivity index (χ1n) is 4.62. The zero-order chi connectivity index (χ0) is 11.1. The van der Waals surface area contributed by atoms with Crippen molar-refractivity contribution >= 4 is 17.5 Å². The molecular formula is C10H13ClN2O2. The summed E-state index contributed by atoms with van der Waals surface area (Å²) < 4.78 is 5.21. The second-order valence-corrected chi connectivity index (χ2v) is 3.26. The highest BCUT2D eigenvalue weighted by atomic mass is 35.5. The van der Waals surface area contributed by atoms with Crippen molar-refractivity contribution in [2.75, 3.05) is 13.2 Å². The third-order valence-corrected chi connectivity index (χ3v) is 1.84. The third kappa shape index (κ3) is 4.67. The average Bonchev–Trinajstić information content (AvgIpc) is 2.25. The lowest BCUT2D eigenvalue weighted by atomic mass is 10.3. The molecule has 0 bridgehead atoms. The van der Waals surface area contributed by atoms with Crippen LogP contribution in [0, 0.1) is 0 Å². The summed E-state index contributed by atoms with van der Waals surface area (Å²) >= 11 is 5.70. The molecule has 0 atom stereocenters. The third-order valence-electron chi connectivity index (χ3n) is 1.59. The van der Waals surface area contributed by atoms with Crippen molar-refractivity contribution in [2.24, 2.45) is 0 Å². The minimum atomic E-state index is -0.216. The van der Waals surface area contributed by atoms with Gasteiger partial charge in [0.15, 0.2) is 6.61 Å². The van der Waals surface area contributed by atoms with Crippen LogP contribution in [0.25, 0.3) is 0 Å². The molecule has 0 fully saturated rings. The number of ether oxygens (including phenoxy) is 1. The summed E-state index contributed by atoms with van der Waals surface area (Å²) in [6.45, 7) is 2.54. The molecule has 1 aromatic rings. The van der Waals surface area contributed by atoms with Crippen molar-refractivity contribution in [3.05, 3.63) is 29.3 Å². The first kappa shape index (κ1) is 11.8. The summed E-state index contributed by atoms with van der Waals surface area (Å²) in [5.74, 6) is 0.401. The highest BCUT2D eigenvalue weighted by molar-refractivity contribution is 6.30. The number of nitrogens with one attached hydrogen (secondary N) is 2. The normalized spacial score (nSPS) is 9.73. The van der Waals surface area contributed by atoms with Gasteiger partial charge in [0.1, 0.15) is 5.75 Å². The van der Waals surface area contributed by atoms with Crippen molar-refractivity contribution in [1.29, 1.82) is 0 Å². The molecule has 4 nitrogen and oxygen atoms in total. The van der Waals surface area contributed by atoms with Gasteiger partial charge in [-0.3, -0.25) is 10.2 Å². The maximum absolute atomic E-state index is 11.1. The molecule has 15 heavy (non-hydrogen) atoms. The van der Waals surface area contributed by atoms with E-state index in [1.807, 2.05) is 6.92 Å². The largest absolute Gasteiger partial charge is 0.484 e. The molecule has 0 spiro atoms. The summed E-state index contributed by atoms with van der Waals surface area (Å²) in [6.07, 6.45) is 0. The monoisotopic (exact) mass is 228 g/mol. The number of amides is 1. The Morgan fingerprint density at radius 1 is 1.40 bits per heavy atom. The van der Waals surface area contributed by atoms with Gasteiger partial charge in [-0.15, -0.1) is 0 Å². The fourth-order valence-electron chi connectivity index (χ4n) is 0.903. The van der Waals surface area contributed by atoms with Gasteiger partial charge in [0.25, 0.3) is 5.91 Å². The topological polar surface area (TPSA) is 50.4 Å². The van der Waals surface area contributed by atoms with E-state index < -0.39 is 0 Å². The van der Waals surface area contributed by atoms with Gasteiger partial charge in [-0.25, -0.2) is 5.43 Å². The number of carbonyl (C=O) groups is 1. The maximum atomic E-state index is 11.1. The van der Waals surface area contributed by atoms with Crippen LogP contribution in [0.4, 0.5) is 0 Å². The smallest absolute Gasteiger partial charge is 0.271 e. The molecular weight excluding hydrogens is 216 g/mol. The van der Waals surface area contributed by atoms with E-state index in [1.165, 1.54) is 0 Å². The number of rotatable bonds is 5. The van der Waals surface area contributed by atoms with Crippen molar-refractivity contribution in [2.45, 2.75) is 6.92 Å². The first-order chi connectivity index (χ1) is 7.22. The lowest BCUT2D eigenvalue weighted by Crippen LogP contribution is -2.39. The summed E-state index contributed by atoms with van der Waals surface area (Å²) in [5, 5.41) is 0.638. The van der Waals surface area contributed by atoms with Crippen LogP contribution in [0.2, 0.25) is 5.02 Å². The average molecular weight is 229 g/mol. The van der Waals surface area contributed by atoms with Crippen LogP contribution in [-0.2, 0) is 4.79 Å². The molecule has 1 aromatic carbocycles. The highest BCUT2D eigenvalue weighted by Crippen LogP contribution is 2.15. The van der Waals surface area contributed by atoms with Crippen molar-refractivity contribution in [1.82, 2.24) is 10.9 Å². The number of carbonyl (C=O) groups excluding carboxylic acids is 1. The molecule has 2 N–H and O–H groups in total.